The molecule has 1 heterocycles. The molecular formula is C12H20N4O6. The molecule has 2 unspecified atom stereocenters. The van der Waals surface area contributed by atoms with Crippen LogP contribution in [0.3, 0.4) is 0 Å². The van der Waals surface area contributed by atoms with Gasteiger partial charge in [0.25, 0.3) is 0 Å². The molecule has 0 aromatic rings. The van der Waals surface area contributed by atoms with E-state index < -0.39 is 48.9 Å². The second-order valence-corrected chi connectivity index (χ2v) is 4.69. The lowest BCUT2D eigenvalue weighted by Crippen LogP contribution is -2.52. The Kier molecular flexibility index (Phi) is 7.26. The van der Waals surface area contributed by atoms with Crippen molar-refractivity contribution < 1.29 is 29.4 Å². The third-order valence-corrected chi connectivity index (χ3v) is 2.97. The summed E-state index contributed by atoms with van der Waals surface area (Å²) in [5.41, 5.74) is 0. The van der Waals surface area contributed by atoms with Gasteiger partial charge in [-0.3, -0.25) is 19.2 Å². The Morgan fingerprint density at radius 2 is 1.14 bits per heavy atom. The van der Waals surface area contributed by atoms with Crippen LogP contribution in [0.5, 0.6) is 0 Å². The lowest BCUT2D eigenvalue weighted by atomic mass is 10.2. The SMILES string of the molecule is O=C1CCNC(=O)C(CO)NC(=O)CCNC(=O)C(CO)N1. The van der Waals surface area contributed by atoms with E-state index >= 15 is 0 Å². The summed E-state index contributed by atoms with van der Waals surface area (Å²) in [5, 5.41) is 27.6. The molecule has 0 saturated carbocycles. The predicted molar refractivity (Wildman–Crippen MR) is 73.3 cm³/mol. The maximum atomic E-state index is 11.7. The Morgan fingerprint density at radius 1 is 0.773 bits per heavy atom. The summed E-state index contributed by atoms with van der Waals surface area (Å²) in [6.07, 6.45) is -0.219. The summed E-state index contributed by atoms with van der Waals surface area (Å²) in [6, 6.07) is -2.22. The maximum absolute atomic E-state index is 11.7. The van der Waals surface area contributed by atoms with Crippen molar-refractivity contribution in [2.75, 3.05) is 26.3 Å². The Bertz CT molecular complexity index is 401. The van der Waals surface area contributed by atoms with Gasteiger partial charge < -0.3 is 31.5 Å². The van der Waals surface area contributed by atoms with Crippen LogP contribution in [-0.4, -0.2) is 72.2 Å². The van der Waals surface area contributed by atoms with E-state index in [1.165, 1.54) is 0 Å². The molecule has 6 N–H and O–H groups in total. The van der Waals surface area contributed by atoms with Crippen molar-refractivity contribution in [3.05, 3.63) is 0 Å². The second kappa shape index (κ2) is 8.95. The molecule has 2 atom stereocenters. The minimum Gasteiger partial charge on any atom is -0.394 e. The van der Waals surface area contributed by atoms with Crippen LogP contribution in [0.25, 0.3) is 0 Å². The molecular weight excluding hydrogens is 296 g/mol. The topological polar surface area (TPSA) is 157 Å². The average Bonchev–Trinajstić information content (AvgIpc) is 2.49. The molecule has 10 nitrogen and oxygen atoms in total. The van der Waals surface area contributed by atoms with Gasteiger partial charge in [-0.25, -0.2) is 0 Å². The first-order valence-corrected chi connectivity index (χ1v) is 6.83. The summed E-state index contributed by atoms with van der Waals surface area (Å²) < 4.78 is 0. The van der Waals surface area contributed by atoms with Crippen LogP contribution < -0.4 is 21.3 Å². The van der Waals surface area contributed by atoms with Gasteiger partial charge in [-0.15, -0.1) is 0 Å². The largest absolute Gasteiger partial charge is 0.394 e. The smallest absolute Gasteiger partial charge is 0.244 e. The molecule has 0 aliphatic carbocycles. The van der Waals surface area contributed by atoms with E-state index in [1.807, 2.05) is 0 Å². The molecule has 0 aromatic heterocycles. The Labute approximate surface area is 126 Å². The van der Waals surface area contributed by atoms with E-state index in [9.17, 15) is 19.2 Å². The number of aliphatic hydroxyl groups is 2. The van der Waals surface area contributed by atoms with E-state index in [2.05, 4.69) is 21.3 Å². The van der Waals surface area contributed by atoms with Crippen molar-refractivity contribution in [2.24, 2.45) is 0 Å². The standard InChI is InChI=1S/C12H20N4O6/c17-5-7-12(22)14-4-2-10(20)16-8(6-18)11(21)13-3-1-9(19)15-7/h7-8,17-18H,1-6H2,(H,13,21)(H,14,22)(H,15,19)(H,16,20). The fourth-order valence-electron chi connectivity index (χ4n) is 1.77. The number of carbonyl (C=O) groups is 4. The highest BCUT2D eigenvalue weighted by molar-refractivity contribution is 5.90. The summed E-state index contributed by atoms with van der Waals surface area (Å²) in [4.78, 5) is 46.6. The maximum Gasteiger partial charge on any atom is 0.244 e. The van der Waals surface area contributed by atoms with E-state index in [0.717, 1.165) is 0 Å². The lowest BCUT2D eigenvalue weighted by molar-refractivity contribution is -0.132. The molecule has 0 radical (unpaired) electrons. The van der Waals surface area contributed by atoms with Gasteiger partial charge in [0.1, 0.15) is 12.1 Å². The van der Waals surface area contributed by atoms with Gasteiger partial charge >= 0.3 is 0 Å². The third kappa shape index (κ3) is 5.66. The minimum absolute atomic E-state index is 0.0309. The van der Waals surface area contributed by atoms with Gasteiger partial charge in [0.05, 0.1) is 13.2 Å². The van der Waals surface area contributed by atoms with E-state index in [1.54, 1.807) is 0 Å². The van der Waals surface area contributed by atoms with Gasteiger partial charge in [0.2, 0.25) is 23.6 Å². The van der Waals surface area contributed by atoms with Gasteiger partial charge in [-0.2, -0.15) is 0 Å². The first-order valence-electron chi connectivity index (χ1n) is 6.83. The zero-order valence-electron chi connectivity index (χ0n) is 11.9. The van der Waals surface area contributed by atoms with Crippen molar-refractivity contribution in [2.45, 2.75) is 24.9 Å². The highest BCUT2D eigenvalue weighted by Gasteiger charge is 2.23. The summed E-state index contributed by atoms with van der Waals surface area (Å²) in [7, 11) is 0. The molecule has 0 bridgehead atoms. The molecule has 1 fully saturated rings. The fraction of sp³-hybridized carbons (Fsp3) is 0.667. The summed E-state index contributed by atoms with van der Waals surface area (Å²) in [5.74, 6) is -2.25. The van der Waals surface area contributed by atoms with Crippen molar-refractivity contribution in [1.29, 1.82) is 0 Å². The average molecular weight is 316 g/mol. The zero-order valence-corrected chi connectivity index (χ0v) is 11.9. The van der Waals surface area contributed by atoms with Crippen molar-refractivity contribution in [1.82, 2.24) is 21.3 Å². The monoisotopic (exact) mass is 316 g/mol. The van der Waals surface area contributed by atoms with Gasteiger partial charge in [-0.05, 0) is 0 Å². The van der Waals surface area contributed by atoms with Crippen LogP contribution in [0.4, 0.5) is 0 Å². The predicted octanol–water partition coefficient (Wildman–Crippen LogP) is -4.03. The summed E-state index contributed by atoms with van der Waals surface area (Å²) >= 11 is 0. The number of hydrogen-bond acceptors (Lipinski definition) is 6. The molecule has 0 aromatic carbocycles. The minimum atomic E-state index is -1.11. The highest BCUT2D eigenvalue weighted by atomic mass is 16.3. The fourth-order valence-corrected chi connectivity index (χ4v) is 1.77. The molecule has 1 saturated heterocycles. The van der Waals surface area contributed by atoms with Crippen LogP contribution in [0.1, 0.15) is 12.8 Å². The first kappa shape index (κ1) is 17.9. The second-order valence-electron chi connectivity index (χ2n) is 4.69. The molecule has 1 aliphatic heterocycles. The number of amides is 4. The van der Waals surface area contributed by atoms with E-state index in [4.69, 9.17) is 10.2 Å². The van der Waals surface area contributed by atoms with Crippen molar-refractivity contribution >= 4 is 23.6 Å². The van der Waals surface area contributed by atoms with Crippen LogP contribution >= 0.6 is 0 Å². The van der Waals surface area contributed by atoms with Gasteiger partial charge in [-0.1, -0.05) is 0 Å². The quantitative estimate of drug-likeness (QED) is 0.304. The molecule has 10 heteroatoms. The number of hydrogen-bond donors (Lipinski definition) is 6. The van der Waals surface area contributed by atoms with Crippen LogP contribution in [0.15, 0.2) is 0 Å². The van der Waals surface area contributed by atoms with Crippen LogP contribution in [0, 0.1) is 0 Å². The molecule has 124 valence electrons. The highest BCUT2D eigenvalue weighted by Crippen LogP contribution is 1.91. The van der Waals surface area contributed by atoms with E-state index in [0.29, 0.717) is 0 Å². The Hall–Kier alpha value is -2.20. The van der Waals surface area contributed by atoms with Crippen LogP contribution in [-0.2, 0) is 19.2 Å². The zero-order chi connectivity index (χ0) is 16.5. The number of carbonyl (C=O) groups excluding carboxylic acids is 4. The third-order valence-electron chi connectivity index (χ3n) is 2.97. The Morgan fingerprint density at radius 3 is 1.45 bits per heavy atom. The molecule has 22 heavy (non-hydrogen) atoms. The molecule has 1 aliphatic rings. The number of rotatable bonds is 2. The summed E-state index contributed by atoms with van der Waals surface area (Å²) in [6.45, 7) is -1.22. The first-order chi connectivity index (χ1) is 10.5. The molecule has 0 spiro atoms. The Balaban J connectivity index is 2.73. The van der Waals surface area contributed by atoms with Gasteiger partial charge in [0, 0.05) is 25.9 Å². The molecule has 4 amide bonds. The number of aliphatic hydroxyl groups excluding tert-OH is 2. The lowest BCUT2D eigenvalue weighted by Gasteiger charge is -2.19. The van der Waals surface area contributed by atoms with Crippen molar-refractivity contribution in [3.63, 3.8) is 0 Å². The number of nitrogens with one attached hydrogen (secondary N) is 4. The van der Waals surface area contributed by atoms with Crippen molar-refractivity contribution in [3.8, 4) is 0 Å². The van der Waals surface area contributed by atoms with E-state index in [-0.39, 0.29) is 25.9 Å². The van der Waals surface area contributed by atoms with Gasteiger partial charge in [0.15, 0.2) is 0 Å². The normalized spacial score (nSPS) is 25.4. The van der Waals surface area contributed by atoms with Crippen LogP contribution in [0.2, 0.25) is 0 Å². The molecule has 1 rings (SSSR count).